The molecular formula is C11H8N4O2S2. The Kier molecular flexibility index (Phi) is 3.96. The number of hydrogen-bond donors (Lipinski definition) is 1. The molecule has 0 bridgehead atoms. The Morgan fingerprint density at radius 2 is 1.79 bits per heavy atom. The van der Waals surface area contributed by atoms with Crippen LogP contribution in [-0.4, -0.2) is 23.5 Å². The first-order valence-corrected chi connectivity index (χ1v) is 6.99. The summed E-state index contributed by atoms with van der Waals surface area (Å²) in [6.45, 7) is 0. The molecule has 0 aliphatic rings. The topological polar surface area (TPSA) is 84.3 Å². The van der Waals surface area contributed by atoms with Gasteiger partial charge in [-0.1, -0.05) is 0 Å². The van der Waals surface area contributed by atoms with Crippen molar-refractivity contribution >= 4 is 39.0 Å². The molecule has 1 aromatic heterocycles. The van der Waals surface area contributed by atoms with Crippen LogP contribution in [0.4, 0.5) is 11.6 Å². The van der Waals surface area contributed by atoms with Crippen LogP contribution in [0.5, 0.6) is 0 Å². The minimum Gasteiger partial charge on any atom is -0.247 e. The van der Waals surface area contributed by atoms with E-state index in [1.54, 1.807) is 6.07 Å². The third kappa shape index (κ3) is 3.41. The fourth-order valence-electron chi connectivity index (χ4n) is 1.28. The third-order valence-electron chi connectivity index (χ3n) is 2.11. The Hall–Kier alpha value is -2.15. The molecule has 6 nitrogen and oxygen atoms in total. The fraction of sp³-hybridized carbons (Fsp3) is 0. The number of aliphatic imine (C=N–C) groups is 1. The zero-order valence-corrected chi connectivity index (χ0v) is 11.1. The van der Waals surface area contributed by atoms with Crippen molar-refractivity contribution in [1.82, 2.24) is 9.97 Å². The summed E-state index contributed by atoms with van der Waals surface area (Å²) in [6, 6.07) is 7.48. The molecule has 0 fully saturated rings. The number of benzene rings is 1. The van der Waals surface area contributed by atoms with Crippen LogP contribution in [0.1, 0.15) is 0 Å². The lowest BCUT2D eigenvalue weighted by Gasteiger charge is -2.05. The van der Waals surface area contributed by atoms with Gasteiger partial charge in [0.15, 0.2) is 0 Å². The van der Waals surface area contributed by atoms with E-state index in [0.29, 0.717) is 5.69 Å². The minimum absolute atomic E-state index is 0.0171. The Balaban J connectivity index is 2.27. The van der Waals surface area contributed by atoms with Gasteiger partial charge in [0.1, 0.15) is 0 Å². The van der Waals surface area contributed by atoms with E-state index in [-0.39, 0.29) is 10.8 Å². The zero-order valence-electron chi connectivity index (χ0n) is 9.52. The summed E-state index contributed by atoms with van der Waals surface area (Å²) in [6.07, 6.45) is 2.89. The summed E-state index contributed by atoms with van der Waals surface area (Å²) in [5, 5.41) is 2.21. The quantitative estimate of drug-likeness (QED) is 0.688. The minimum atomic E-state index is -3.71. The average Bonchev–Trinajstić information content (AvgIpc) is 2.40. The highest BCUT2D eigenvalue weighted by molar-refractivity contribution is 7.92. The Bertz CT molecular complexity index is 708. The van der Waals surface area contributed by atoms with Crippen LogP contribution in [0.25, 0.3) is 0 Å². The molecule has 2 aromatic rings. The molecular weight excluding hydrogens is 284 g/mol. The molecule has 0 saturated carbocycles. The van der Waals surface area contributed by atoms with Gasteiger partial charge in [-0.2, -0.15) is 4.99 Å². The lowest BCUT2D eigenvalue weighted by molar-refractivity contribution is 0.601. The van der Waals surface area contributed by atoms with Gasteiger partial charge in [-0.3, -0.25) is 0 Å². The van der Waals surface area contributed by atoms with Crippen molar-refractivity contribution in [2.24, 2.45) is 4.99 Å². The van der Waals surface area contributed by atoms with Gasteiger partial charge in [0, 0.05) is 12.4 Å². The molecule has 0 aliphatic carbocycles. The van der Waals surface area contributed by atoms with Crippen molar-refractivity contribution in [2.45, 2.75) is 4.90 Å². The van der Waals surface area contributed by atoms with Crippen LogP contribution in [0.15, 0.2) is 52.6 Å². The van der Waals surface area contributed by atoms with Gasteiger partial charge in [0.05, 0.1) is 15.7 Å². The smallest absolute Gasteiger partial charge is 0.247 e. The number of nitrogens with zero attached hydrogens (tertiary/aromatic N) is 3. The van der Waals surface area contributed by atoms with E-state index >= 15 is 0 Å². The van der Waals surface area contributed by atoms with Crippen LogP contribution >= 0.6 is 12.2 Å². The molecule has 96 valence electrons. The molecule has 1 heterocycles. The number of anilines is 1. The fourth-order valence-corrected chi connectivity index (χ4v) is 2.35. The van der Waals surface area contributed by atoms with Crippen LogP contribution in [-0.2, 0) is 10.0 Å². The molecule has 0 atom stereocenters. The molecule has 1 N–H and O–H groups in total. The molecule has 0 unspecified atom stereocenters. The van der Waals surface area contributed by atoms with E-state index in [4.69, 9.17) is 0 Å². The highest BCUT2D eigenvalue weighted by atomic mass is 32.2. The second kappa shape index (κ2) is 5.66. The van der Waals surface area contributed by atoms with Crippen molar-refractivity contribution in [2.75, 3.05) is 4.72 Å². The van der Waals surface area contributed by atoms with E-state index in [0.717, 1.165) is 0 Å². The van der Waals surface area contributed by atoms with Crippen molar-refractivity contribution in [3.63, 3.8) is 0 Å². The Morgan fingerprint density at radius 1 is 1.16 bits per heavy atom. The standard InChI is InChI=1S/C11H8N4O2S2/c16-19(17,15-11-12-6-1-7-13-11)10-4-2-9(3-5-10)14-8-18/h1-7H,(H,12,13,15). The van der Waals surface area contributed by atoms with E-state index in [9.17, 15) is 8.42 Å². The second-order valence-corrected chi connectivity index (χ2v) is 5.24. The number of thiocarbonyl (C=S) groups is 1. The van der Waals surface area contributed by atoms with E-state index in [2.05, 4.69) is 37.1 Å². The molecule has 2 rings (SSSR count). The van der Waals surface area contributed by atoms with E-state index in [1.807, 2.05) is 0 Å². The number of rotatable bonds is 4. The lowest BCUT2D eigenvalue weighted by atomic mass is 10.3. The molecule has 0 spiro atoms. The van der Waals surface area contributed by atoms with Gasteiger partial charge in [-0.05, 0) is 42.5 Å². The average molecular weight is 292 g/mol. The predicted molar refractivity (Wildman–Crippen MR) is 74.0 cm³/mol. The zero-order chi connectivity index (χ0) is 13.7. The van der Waals surface area contributed by atoms with Crippen LogP contribution < -0.4 is 4.72 Å². The molecule has 0 aliphatic heterocycles. The van der Waals surface area contributed by atoms with Gasteiger partial charge in [0.25, 0.3) is 10.0 Å². The van der Waals surface area contributed by atoms with Gasteiger partial charge >= 0.3 is 0 Å². The SMILES string of the molecule is O=S(=O)(Nc1ncccn1)c1ccc(N=C=S)cc1. The molecule has 19 heavy (non-hydrogen) atoms. The molecule has 0 radical (unpaired) electrons. The van der Waals surface area contributed by atoms with Crippen LogP contribution in [0.2, 0.25) is 0 Å². The number of isothiocyanates is 1. The summed E-state index contributed by atoms with van der Waals surface area (Å²) >= 11 is 4.46. The first-order chi connectivity index (χ1) is 9.12. The second-order valence-electron chi connectivity index (χ2n) is 3.37. The Labute approximate surface area is 115 Å². The normalized spacial score (nSPS) is 10.5. The van der Waals surface area contributed by atoms with Crippen LogP contribution in [0.3, 0.4) is 0 Å². The monoisotopic (exact) mass is 292 g/mol. The Morgan fingerprint density at radius 3 is 2.37 bits per heavy atom. The van der Waals surface area contributed by atoms with Gasteiger partial charge in [-0.25, -0.2) is 23.1 Å². The van der Waals surface area contributed by atoms with E-state index in [1.165, 1.54) is 36.7 Å². The number of aromatic nitrogens is 2. The lowest BCUT2D eigenvalue weighted by Crippen LogP contribution is -2.14. The maximum absolute atomic E-state index is 12.0. The summed E-state index contributed by atoms with van der Waals surface area (Å²) in [5.74, 6) is 0.0171. The van der Waals surface area contributed by atoms with Gasteiger partial charge in [0.2, 0.25) is 5.95 Å². The number of nitrogens with one attached hydrogen (secondary N) is 1. The van der Waals surface area contributed by atoms with Crippen molar-refractivity contribution in [3.8, 4) is 0 Å². The summed E-state index contributed by atoms with van der Waals surface area (Å²) in [4.78, 5) is 11.4. The molecule has 0 amide bonds. The molecule has 1 aromatic carbocycles. The highest BCUT2D eigenvalue weighted by Crippen LogP contribution is 2.17. The van der Waals surface area contributed by atoms with Crippen molar-refractivity contribution in [1.29, 1.82) is 0 Å². The summed E-state index contributed by atoms with van der Waals surface area (Å²) in [5.41, 5.74) is 0.532. The predicted octanol–water partition coefficient (Wildman–Crippen LogP) is 2.01. The van der Waals surface area contributed by atoms with Crippen molar-refractivity contribution in [3.05, 3.63) is 42.7 Å². The van der Waals surface area contributed by atoms with Crippen LogP contribution in [0, 0.1) is 0 Å². The highest BCUT2D eigenvalue weighted by Gasteiger charge is 2.14. The summed E-state index contributed by atoms with van der Waals surface area (Å²) < 4.78 is 26.3. The van der Waals surface area contributed by atoms with Gasteiger partial charge < -0.3 is 0 Å². The first-order valence-electron chi connectivity index (χ1n) is 5.09. The third-order valence-corrected chi connectivity index (χ3v) is 3.55. The number of hydrogen-bond acceptors (Lipinski definition) is 6. The maximum Gasteiger partial charge on any atom is 0.264 e. The largest absolute Gasteiger partial charge is 0.264 e. The number of sulfonamides is 1. The summed E-state index contributed by atoms with van der Waals surface area (Å²) in [7, 11) is -3.71. The van der Waals surface area contributed by atoms with Crippen molar-refractivity contribution < 1.29 is 8.42 Å². The molecule has 8 heteroatoms. The van der Waals surface area contributed by atoms with Gasteiger partial charge in [-0.15, -0.1) is 0 Å². The van der Waals surface area contributed by atoms with E-state index < -0.39 is 10.0 Å². The maximum atomic E-state index is 12.0. The first kappa shape index (κ1) is 13.3. The molecule has 0 saturated heterocycles.